The van der Waals surface area contributed by atoms with Gasteiger partial charge in [0.15, 0.2) is 0 Å². The molecule has 0 bridgehead atoms. The van der Waals surface area contributed by atoms with E-state index >= 15 is 0 Å². The molecular formula is C13H25N5O2. The lowest BCUT2D eigenvalue weighted by Gasteiger charge is -2.22. The van der Waals surface area contributed by atoms with Crippen LogP contribution in [0.3, 0.4) is 0 Å². The van der Waals surface area contributed by atoms with Crippen molar-refractivity contribution < 1.29 is 9.53 Å². The van der Waals surface area contributed by atoms with Crippen LogP contribution in [-0.4, -0.2) is 39.3 Å². The highest BCUT2D eigenvalue weighted by Gasteiger charge is 2.17. The summed E-state index contributed by atoms with van der Waals surface area (Å²) in [5.41, 5.74) is 0.439. The largest absolute Gasteiger partial charge is 0.444 e. The third-order valence-corrected chi connectivity index (χ3v) is 2.47. The van der Waals surface area contributed by atoms with E-state index in [0.29, 0.717) is 6.54 Å². The third-order valence-electron chi connectivity index (χ3n) is 2.47. The Kier molecular flexibility index (Phi) is 5.94. The first-order chi connectivity index (χ1) is 9.26. The van der Waals surface area contributed by atoms with Crippen molar-refractivity contribution in [3.8, 4) is 0 Å². The highest BCUT2D eigenvalue weighted by atomic mass is 16.6. The van der Waals surface area contributed by atoms with E-state index < -0.39 is 5.60 Å². The first-order valence-corrected chi connectivity index (χ1v) is 6.82. The zero-order valence-corrected chi connectivity index (χ0v) is 12.9. The molecule has 2 N–H and O–H groups in total. The lowest BCUT2D eigenvalue weighted by atomic mass is 10.2. The summed E-state index contributed by atoms with van der Waals surface area (Å²) in [6.07, 6.45) is 2.31. The molecule has 1 unspecified atom stereocenters. The summed E-state index contributed by atoms with van der Waals surface area (Å²) >= 11 is 0. The normalized spacial score (nSPS) is 13.1. The molecule has 0 saturated carbocycles. The minimum absolute atomic E-state index is 0.0548. The van der Waals surface area contributed by atoms with Crippen molar-refractivity contribution in [2.75, 3.05) is 6.54 Å². The van der Waals surface area contributed by atoms with Crippen LogP contribution in [0.2, 0.25) is 0 Å². The molecule has 20 heavy (non-hydrogen) atoms. The standard InChI is InChI=1S/C13H25N5O2/c1-10(15-12(19)20-13(2,3)4)6-7-14-8-11-9-18(5)17-16-11/h9-10,14H,6-8H2,1-5H3,(H,15,19). The van der Waals surface area contributed by atoms with Gasteiger partial charge in [0, 0.05) is 25.8 Å². The Hall–Kier alpha value is -1.63. The fourth-order valence-electron chi connectivity index (χ4n) is 1.59. The SMILES string of the molecule is CC(CCNCc1cn(C)nn1)NC(=O)OC(C)(C)C. The number of hydrogen-bond donors (Lipinski definition) is 2. The molecule has 0 saturated heterocycles. The van der Waals surface area contributed by atoms with Crippen LogP contribution in [0.1, 0.15) is 39.8 Å². The van der Waals surface area contributed by atoms with Gasteiger partial charge in [0.05, 0.1) is 5.69 Å². The van der Waals surface area contributed by atoms with Crippen molar-refractivity contribution in [2.45, 2.75) is 52.3 Å². The van der Waals surface area contributed by atoms with Gasteiger partial charge in [0.2, 0.25) is 0 Å². The summed E-state index contributed by atoms with van der Waals surface area (Å²) in [6, 6.07) is 0.0548. The van der Waals surface area contributed by atoms with Gasteiger partial charge in [0.25, 0.3) is 0 Å². The van der Waals surface area contributed by atoms with E-state index in [2.05, 4.69) is 20.9 Å². The molecule has 1 amide bonds. The van der Waals surface area contributed by atoms with Crippen LogP contribution in [-0.2, 0) is 18.3 Å². The van der Waals surface area contributed by atoms with Crippen LogP contribution in [0.25, 0.3) is 0 Å². The van der Waals surface area contributed by atoms with Crippen molar-refractivity contribution >= 4 is 6.09 Å². The van der Waals surface area contributed by atoms with Gasteiger partial charge in [-0.05, 0) is 40.7 Å². The van der Waals surface area contributed by atoms with Gasteiger partial charge in [0.1, 0.15) is 5.60 Å². The Morgan fingerprint density at radius 2 is 2.20 bits per heavy atom. The highest BCUT2D eigenvalue weighted by molar-refractivity contribution is 5.67. The molecule has 114 valence electrons. The summed E-state index contributed by atoms with van der Waals surface area (Å²) in [5, 5.41) is 13.9. The van der Waals surface area contributed by atoms with Gasteiger partial charge < -0.3 is 15.4 Å². The topological polar surface area (TPSA) is 81.1 Å². The summed E-state index contributed by atoms with van der Waals surface area (Å²) in [7, 11) is 1.84. The Morgan fingerprint density at radius 3 is 2.75 bits per heavy atom. The lowest BCUT2D eigenvalue weighted by Crippen LogP contribution is -2.38. The predicted molar refractivity (Wildman–Crippen MR) is 76.2 cm³/mol. The molecule has 0 fully saturated rings. The van der Waals surface area contributed by atoms with E-state index in [0.717, 1.165) is 18.7 Å². The van der Waals surface area contributed by atoms with Crippen LogP contribution in [0.4, 0.5) is 4.79 Å². The summed E-state index contributed by atoms with van der Waals surface area (Å²) in [5.74, 6) is 0. The fraction of sp³-hybridized carbons (Fsp3) is 0.769. The van der Waals surface area contributed by atoms with E-state index in [1.807, 2.05) is 40.9 Å². The Balaban J connectivity index is 2.14. The highest BCUT2D eigenvalue weighted by Crippen LogP contribution is 2.07. The second-order valence-corrected chi connectivity index (χ2v) is 5.90. The molecule has 1 aromatic heterocycles. The minimum Gasteiger partial charge on any atom is -0.444 e. The maximum atomic E-state index is 11.6. The van der Waals surface area contributed by atoms with E-state index in [4.69, 9.17) is 4.74 Å². The molecule has 7 nitrogen and oxygen atoms in total. The molecule has 0 spiro atoms. The van der Waals surface area contributed by atoms with Crippen molar-refractivity contribution in [1.82, 2.24) is 25.6 Å². The smallest absolute Gasteiger partial charge is 0.407 e. The number of rotatable bonds is 6. The third kappa shape index (κ3) is 7.08. The van der Waals surface area contributed by atoms with Crippen molar-refractivity contribution in [3.05, 3.63) is 11.9 Å². The van der Waals surface area contributed by atoms with Crippen LogP contribution in [0.15, 0.2) is 6.20 Å². The van der Waals surface area contributed by atoms with E-state index in [1.165, 1.54) is 0 Å². The van der Waals surface area contributed by atoms with Crippen molar-refractivity contribution in [3.63, 3.8) is 0 Å². The van der Waals surface area contributed by atoms with Crippen molar-refractivity contribution in [1.29, 1.82) is 0 Å². The predicted octanol–water partition coefficient (Wildman–Crippen LogP) is 1.21. The average molecular weight is 283 g/mol. The number of aromatic nitrogens is 3. The second kappa shape index (κ2) is 7.23. The number of nitrogens with zero attached hydrogens (tertiary/aromatic N) is 3. The van der Waals surface area contributed by atoms with E-state index in [-0.39, 0.29) is 12.1 Å². The summed E-state index contributed by atoms with van der Waals surface area (Å²) < 4.78 is 6.87. The number of alkyl carbamates (subject to hydrolysis) is 1. The van der Waals surface area contributed by atoms with Crippen molar-refractivity contribution in [2.24, 2.45) is 7.05 Å². The molecule has 1 heterocycles. The number of ether oxygens (including phenoxy) is 1. The fourth-order valence-corrected chi connectivity index (χ4v) is 1.59. The number of nitrogens with one attached hydrogen (secondary N) is 2. The molecule has 0 radical (unpaired) electrons. The monoisotopic (exact) mass is 283 g/mol. The molecule has 0 aromatic carbocycles. The first-order valence-electron chi connectivity index (χ1n) is 6.82. The Labute approximate surface area is 120 Å². The second-order valence-electron chi connectivity index (χ2n) is 5.90. The Bertz CT molecular complexity index is 425. The van der Waals surface area contributed by atoms with Crippen LogP contribution in [0.5, 0.6) is 0 Å². The molecule has 7 heteroatoms. The Morgan fingerprint density at radius 1 is 1.50 bits per heavy atom. The van der Waals surface area contributed by atoms with Crippen LogP contribution >= 0.6 is 0 Å². The van der Waals surface area contributed by atoms with E-state index in [1.54, 1.807) is 4.68 Å². The molecule has 1 atom stereocenters. The number of hydrogen-bond acceptors (Lipinski definition) is 5. The maximum Gasteiger partial charge on any atom is 0.407 e. The molecule has 1 aromatic rings. The number of aryl methyl sites for hydroxylation is 1. The van der Waals surface area contributed by atoms with E-state index in [9.17, 15) is 4.79 Å². The van der Waals surface area contributed by atoms with Gasteiger partial charge in [-0.2, -0.15) is 0 Å². The van der Waals surface area contributed by atoms with Gasteiger partial charge in [-0.25, -0.2) is 4.79 Å². The molecule has 0 aliphatic carbocycles. The zero-order chi connectivity index (χ0) is 15.2. The number of carbonyl (C=O) groups excluding carboxylic acids is 1. The molecular weight excluding hydrogens is 258 g/mol. The summed E-state index contributed by atoms with van der Waals surface area (Å²) in [6.45, 7) is 8.95. The number of carbonyl (C=O) groups is 1. The van der Waals surface area contributed by atoms with Gasteiger partial charge in [-0.15, -0.1) is 5.10 Å². The van der Waals surface area contributed by atoms with Gasteiger partial charge in [-0.3, -0.25) is 4.68 Å². The van der Waals surface area contributed by atoms with Gasteiger partial charge in [-0.1, -0.05) is 5.21 Å². The minimum atomic E-state index is -0.464. The number of amides is 1. The molecule has 1 rings (SSSR count). The first kappa shape index (κ1) is 16.4. The van der Waals surface area contributed by atoms with Crippen LogP contribution < -0.4 is 10.6 Å². The molecule has 0 aliphatic heterocycles. The quantitative estimate of drug-likeness (QED) is 0.767. The van der Waals surface area contributed by atoms with Gasteiger partial charge >= 0.3 is 6.09 Å². The molecule has 0 aliphatic rings. The average Bonchev–Trinajstić information content (AvgIpc) is 2.67. The van der Waals surface area contributed by atoms with Crippen LogP contribution in [0, 0.1) is 0 Å². The maximum absolute atomic E-state index is 11.6. The lowest BCUT2D eigenvalue weighted by molar-refractivity contribution is 0.0506. The summed E-state index contributed by atoms with van der Waals surface area (Å²) in [4.78, 5) is 11.6. The zero-order valence-electron chi connectivity index (χ0n) is 12.9.